The summed E-state index contributed by atoms with van der Waals surface area (Å²) in [5.74, 6) is -0.433. The van der Waals surface area contributed by atoms with Gasteiger partial charge in [-0.25, -0.2) is 0 Å². The quantitative estimate of drug-likeness (QED) is 0.408. The number of carbonyl (C=O) groups excluding carboxylic acids is 2. The molecule has 2 aromatic heterocycles. The third-order valence-corrected chi connectivity index (χ3v) is 7.46. The maximum absolute atomic E-state index is 14.0. The van der Waals surface area contributed by atoms with Crippen molar-refractivity contribution in [1.29, 1.82) is 0 Å². The molecule has 0 radical (unpaired) electrons. The average molecular weight is 485 g/mol. The largest absolute Gasteiger partial charge is 0.350 e. The maximum atomic E-state index is 14.0. The van der Waals surface area contributed by atoms with Crippen LogP contribution >= 0.6 is 11.3 Å². The van der Waals surface area contributed by atoms with E-state index in [1.54, 1.807) is 20.9 Å². The van der Waals surface area contributed by atoms with E-state index in [4.69, 9.17) is 5.10 Å². The van der Waals surface area contributed by atoms with Crippen molar-refractivity contribution in [3.8, 4) is 10.6 Å². The van der Waals surface area contributed by atoms with Gasteiger partial charge < -0.3 is 5.32 Å². The van der Waals surface area contributed by atoms with Crippen LogP contribution in [0.5, 0.6) is 0 Å². The summed E-state index contributed by atoms with van der Waals surface area (Å²) in [6.07, 6.45) is 0.751. The number of aryl methyl sites for hydroxylation is 2. The molecular formula is C28H28N4O2S. The summed E-state index contributed by atoms with van der Waals surface area (Å²) in [5, 5.41) is 9.80. The number of thiophene rings is 1. The van der Waals surface area contributed by atoms with Gasteiger partial charge in [-0.1, -0.05) is 61.0 Å². The van der Waals surface area contributed by atoms with Gasteiger partial charge in [0.05, 0.1) is 11.4 Å². The summed E-state index contributed by atoms with van der Waals surface area (Å²) >= 11 is 1.58. The first-order valence-electron chi connectivity index (χ1n) is 11.8. The van der Waals surface area contributed by atoms with Crippen molar-refractivity contribution in [1.82, 2.24) is 15.1 Å². The lowest BCUT2D eigenvalue weighted by molar-refractivity contribution is -0.126. The van der Waals surface area contributed by atoms with E-state index in [0.29, 0.717) is 12.2 Å². The summed E-state index contributed by atoms with van der Waals surface area (Å²) < 4.78 is 1.69. The van der Waals surface area contributed by atoms with Gasteiger partial charge in [-0.05, 0) is 55.0 Å². The SMILES string of the molecule is CCc1ccccc1N1C(=O)c2cc(-c3cccs3)nn2C[C@@]1(C)C(=O)NCc1cccc(C)c1. The fraction of sp³-hybridized carbons (Fsp3) is 0.250. The van der Waals surface area contributed by atoms with Crippen LogP contribution in [0.3, 0.4) is 0 Å². The molecule has 5 rings (SSSR count). The lowest BCUT2D eigenvalue weighted by Crippen LogP contribution is -2.64. The molecule has 2 amide bonds. The van der Waals surface area contributed by atoms with Gasteiger partial charge in [-0.3, -0.25) is 19.2 Å². The van der Waals surface area contributed by atoms with E-state index in [1.807, 2.05) is 79.9 Å². The standard InChI is InChI=1S/C28H28N4O2S/c1-4-21-11-5-6-12-23(21)32-26(33)24-16-22(25-13-8-14-35-25)30-31(24)18-28(32,3)27(34)29-17-20-10-7-9-19(2)15-20/h5-16H,4,17-18H2,1-3H3,(H,29,34)/t28-/m0/s1. The van der Waals surface area contributed by atoms with Crippen molar-refractivity contribution in [2.24, 2.45) is 0 Å². The zero-order valence-corrected chi connectivity index (χ0v) is 20.9. The number of aromatic nitrogens is 2. The van der Waals surface area contributed by atoms with Crippen LogP contribution in [0.4, 0.5) is 5.69 Å². The number of fused-ring (bicyclic) bond motifs is 1. The number of carbonyl (C=O) groups is 2. The maximum Gasteiger partial charge on any atom is 0.277 e. The zero-order valence-electron chi connectivity index (χ0n) is 20.1. The van der Waals surface area contributed by atoms with Crippen LogP contribution < -0.4 is 10.2 Å². The predicted molar refractivity (Wildman–Crippen MR) is 140 cm³/mol. The second kappa shape index (κ2) is 9.15. The number of anilines is 1. The van der Waals surface area contributed by atoms with Crippen molar-refractivity contribution in [2.75, 3.05) is 4.90 Å². The molecule has 1 N–H and O–H groups in total. The highest BCUT2D eigenvalue weighted by Gasteiger charge is 2.49. The highest BCUT2D eigenvalue weighted by atomic mass is 32.1. The van der Waals surface area contributed by atoms with Crippen molar-refractivity contribution >= 4 is 28.8 Å². The van der Waals surface area contributed by atoms with E-state index in [1.165, 1.54) is 0 Å². The molecule has 0 fully saturated rings. The summed E-state index contributed by atoms with van der Waals surface area (Å²) in [6, 6.07) is 21.7. The third-order valence-electron chi connectivity index (χ3n) is 6.57. The number of nitrogens with one attached hydrogen (secondary N) is 1. The molecule has 4 aromatic rings. The first-order chi connectivity index (χ1) is 16.9. The highest BCUT2D eigenvalue weighted by Crippen LogP contribution is 2.36. The zero-order chi connectivity index (χ0) is 24.6. The molecule has 0 bridgehead atoms. The molecule has 1 atom stereocenters. The van der Waals surface area contributed by atoms with E-state index < -0.39 is 5.54 Å². The van der Waals surface area contributed by atoms with Crippen molar-refractivity contribution < 1.29 is 9.59 Å². The van der Waals surface area contributed by atoms with Crippen LogP contribution in [0.1, 0.15) is 41.0 Å². The van der Waals surface area contributed by atoms with Gasteiger partial charge in [0.2, 0.25) is 5.91 Å². The molecule has 3 heterocycles. The summed E-state index contributed by atoms with van der Waals surface area (Å²) in [4.78, 5) is 30.5. The minimum absolute atomic E-state index is 0.211. The highest BCUT2D eigenvalue weighted by molar-refractivity contribution is 7.13. The minimum Gasteiger partial charge on any atom is -0.350 e. The molecule has 1 aliphatic heterocycles. The first kappa shape index (κ1) is 23.1. The molecular weight excluding hydrogens is 456 g/mol. The Morgan fingerprint density at radius 2 is 1.94 bits per heavy atom. The molecule has 6 nitrogen and oxygen atoms in total. The second-order valence-electron chi connectivity index (χ2n) is 9.12. The van der Waals surface area contributed by atoms with Gasteiger partial charge in [0.15, 0.2) is 0 Å². The lowest BCUT2D eigenvalue weighted by atomic mass is 9.92. The number of benzene rings is 2. The molecule has 0 unspecified atom stereocenters. The van der Waals surface area contributed by atoms with Gasteiger partial charge >= 0.3 is 0 Å². The Bertz CT molecular complexity index is 1390. The monoisotopic (exact) mass is 484 g/mol. The van der Waals surface area contributed by atoms with Gasteiger partial charge in [0, 0.05) is 12.2 Å². The lowest BCUT2D eigenvalue weighted by Gasteiger charge is -2.43. The third kappa shape index (κ3) is 4.17. The van der Waals surface area contributed by atoms with Gasteiger partial charge in [-0.2, -0.15) is 5.10 Å². The van der Waals surface area contributed by atoms with Crippen LogP contribution in [-0.2, 0) is 24.3 Å². The Balaban J connectivity index is 1.56. The topological polar surface area (TPSA) is 67.2 Å². The minimum atomic E-state index is -1.15. The van der Waals surface area contributed by atoms with Crippen LogP contribution in [-0.4, -0.2) is 27.1 Å². The molecule has 0 aliphatic carbocycles. The average Bonchev–Trinajstić information content (AvgIpc) is 3.53. The predicted octanol–water partition coefficient (Wildman–Crippen LogP) is 5.22. The van der Waals surface area contributed by atoms with E-state index in [0.717, 1.165) is 39.4 Å². The molecule has 1 aliphatic rings. The molecule has 0 spiro atoms. The van der Waals surface area contributed by atoms with Crippen LogP contribution in [0.2, 0.25) is 0 Å². The Morgan fingerprint density at radius 3 is 2.69 bits per heavy atom. The molecule has 0 saturated heterocycles. The number of amides is 2. The van der Waals surface area contributed by atoms with Crippen LogP contribution in [0.25, 0.3) is 10.6 Å². The first-order valence-corrected chi connectivity index (χ1v) is 12.7. The van der Waals surface area contributed by atoms with Crippen molar-refractivity contribution in [3.05, 3.63) is 94.5 Å². The Kier molecular flexibility index (Phi) is 6.03. The van der Waals surface area contributed by atoms with Gasteiger partial charge in [-0.15, -0.1) is 11.3 Å². The number of rotatable bonds is 6. The van der Waals surface area contributed by atoms with Crippen molar-refractivity contribution in [2.45, 2.75) is 45.8 Å². The summed E-state index contributed by atoms with van der Waals surface area (Å²) in [5.41, 5.74) is 4.02. The van der Waals surface area contributed by atoms with E-state index >= 15 is 0 Å². The molecule has 35 heavy (non-hydrogen) atoms. The number of para-hydroxylation sites is 1. The Hall–Kier alpha value is -3.71. The fourth-order valence-corrected chi connectivity index (χ4v) is 5.41. The van der Waals surface area contributed by atoms with Crippen molar-refractivity contribution in [3.63, 3.8) is 0 Å². The second-order valence-corrected chi connectivity index (χ2v) is 10.1. The van der Waals surface area contributed by atoms with Crippen LogP contribution in [0.15, 0.2) is 72.1 Å². The molecule has 2 aromatic carbocycles. The van der Waals surface area contributed by atoms with Gasteiger partial charge in [0.1, 0.15) is 16.9 Å². The fourth-order valence-electron chi connectivity index (χ4n) is 4.73. The van der Waals surface area contributed by atoms with E-state index in [2.05, 4.69) is 18.3 Å². The summed E-state index contributed by atoms with van der Waals surface area (Å²) in [7, 11) is 0. The normalized spacial score (nSPS) is 17.3. The summed E-state index contributed by atoms with van der Waals surface area (Å²) in [6.45, 7) is 6.57. The Morgan fingerprint density at radius 1 is 1.11 bits per heavy atom. The smallest absolute Gasteiger partial charge is 0.277 e. The molecule has 178 valence electrons. The Labute approximate surface area is 209 Å². The number of nitrogens with zero attached hydrogens (tertiary/aromatic N) is 3. The number of hydrogen-bond acceptors (Lipinski definition) is 4. The van der Waals surface area contributed by atoms with E-state index in [-0.39, 0.29) is 18.4 Å². The van der Waals surface area contributed by atoms with E-state index in [9.17, 15) is 9.59 Å². The van der Waals surface area contributed by atoms with Gasteiger partial charge in [0.25, 0.3) is 5.91 Å². The number of hydrogen-bond donors (Lipinski definition) is 1. The van der Waals surface area contributed by atoms with Crippen LogP contribution in [0, 0.1) is 6.92 Å². The molecule has 0 saturated carbocycles. The molecule has 7 heteroatoms.